The van der Waals surface area contributed by atoms with Crippen LogP contribution in [0.25, 0.3) is 0 Å². The second-order valence-electron chi connectivity index (χ2n) is 8.49. The first-order valence-electron chi connectivity index (χ1n) is 9.06. The van der Waals surface area contributed by atoms with Crippen LogP contribution in [-0.2, 0) is 9.59 Å². The monoisotopic (exact) mass is 313 g/mol. The van der Waals surface area contributed by atoms with Crippen LogP contribution in [0.4, 0.5) is 0 Å². The Morgan fingerprint density at radius 2 is 1.96 bits per heavy atom. The summed E-state index contributed by atoms with van der Waals surface area (Å²) in [6.45, 7) is 4.52. The Balaban J connectivity index is 1.77. The smallest absolute Gasteiger partial charge is 0.178 e. The number of rotatable bonds is 1. The maximum atomic E-state index is 12.5. The molecule has 0 radical (unpaired) electrons. The normalized spacial score (nSPS) is 48.6. The van der Waals surface area contributed by atoms with Gasteiger partial charge in [-0.15, -0.1) is 0 Å². The third kappa shape index (κ3) is 1.92. The van der Waals surface area contributed by atoms with Crippen molar-refractivity contribution in [2.75, 3.05) is 7.05 Å². The van der Waals surface area contributed by atoms with Gasteiger partial charge in [0.1, 0.15) is 5.78 Å². The van der Waals surface area contributed by atoms with Crippen LogP contribution in [0.15, 0.2) is 23.8 Å². The first-order chi connectivity index (χ1) is 10.9. The summed E-state index contributed by atoms with van der Waals surface area (Å²) in [4.78, 5) is 24.4. The molecule has 0 aliphatic heterocycles. The van der Waals surface area contributed by atoms with E-state index in [0.29, 0.717) is 23.5 Å². The molecule has 4 aliphatic carbocycles. The highest BCUT2D eigenvalue weighted by molar-refractivity contribution is 6.01. The van der Waals surface area contributed by atoms with Crippen molar-refractivity contribution in [1.29, 1.82) is 0 Å². The first-order valence-corrected chi connectivity index (χ1v) is 9.06. The molecule has 1 N–H and O–H groups in total. The summed E-state index contributed by atoms with van der Waals surface area (Å²) in [5, 5.41) is 3.45. The molecule has 6 atom stereocenters. The molecule has 4 rings (SSSR count). The Hall–Kier alpha value is -1.22. The zero-order chi connectivity index (χ0) is 16.4. The Bertz CT molecular complexity index is 634. The van der Waals surface area contributed by atoms with Gasteiger partial charge in [-0.25, -0.2) is 0 Å². The maximum absolute atomic E-state index is 12.5. The topological polar surface area (TPSA) is 46.2 Å². The summed E-state index contributed by atoms with van der Waals surface area (Å²) in [6.07, 6.45) is 10.8. The van der Waals surface area contributed by atoms with Gasteiger partial charge in [-0.3, -0.25) is 9.59 Å². The predicted octanol–water partition coefficient (Wildman–Crippen LogP) is 3.06. The molecule has 0 bridgehead atoms. The van der Waals surface area contributed by atoms with Gasteiger partial charge in [0, 0.05) is 23.3 Å². The molecule has 0 spiro atoms. The van der Waals surface area contributed by atoms with Crippen molar-refractivity contribution in [3.63, 3.8) is 0 Å². The predicted molar refractivity (Wildman–Crippen MR) is 89.9 cm³/mol. The minimum absolute atomic E-state index is 0.0303. The lowest BCUT2D eigenvalue weighted by Crippen LogP contribution is -2.55. The van der Waals surface area contributed by atoms with E-state index in [1.165, 1.54) is 5.57 Å². The standard InChI is InChI=1S/C20H27NO2/c1-19-8-6-12(22)10-16(19)17(21-3)11-13-14-4-5-18(23)20(14,2)9-7-15(13)19/h6,8,10,13-15,17,21H,4-5,7,9,11H2,1-3H3/t13-,14-,15-,17-,19+,20-/m0/s1. The number of ketones is 2. The molecule has 0 aromatic heterocycles. The number of carbonyl (C=O) groups is 2. The molecule has 3 heteroatoms. The van der Waals surface area contributed by atoms with E-state index in [1.807, 2.05) is 13.1 Å². The van der Waals surface area contributed by atoms with Crippen molar-refractivity contribution in [3.05, 3.63) is 23.8 Å². The van der Waals surface area contributed by atoms with E-state index in [4.69, 9.17) is 0 Å². The maximum Gasteiger partial charge on any atom is 0.178 e. The number of hydrogen-bond acceptors (Lipinski definition) is 3. The molecule has 3 fully saturated rings. The summed E-state index contributed by atoms with van der Waals surface area (Å²) >= 11 is 0. The molecule has 4 aliphatic rings. The first kappa shape index (κ1) is 15.3. The molecule has 0 heterocycles. The zero-order valence-corrected chi connectivity index (χ0v) is 14.4. The zero-order valence-electron chi connectivity index (χ0n) is 14.4. The summed E-state index contributed by atoms with van der Waals surface area (Å²) in [6, 6.07) is 0.258. The van der Waals surface area contributed by atoms with E-state index >= 15 is 0 Å². The van der Waals surface area contributed by atoms with Crippen molar-refractivity contribution < 1.29 is 9.59 Å². The van der Waals surface area contributed by atoms with Crippen LogP contribution >= 0.6 is 0 Å². The van der Waals surface area contributed by atoms with Gasteiger partial charge < -0.3 is 5.32 Å². The Morgan fingerprint density at radius 1 is 1.17 bits per heavy atom. The Labute approximate surface area is 138 Å². The van der Waals surface area contributed by atoms with Crippen LogP contribution in [0.2, 0.25) is 0 Å². The van der Waals surface area contributed by atoms with E-state index in [1.54, 1.807) is 6.08 Å². The second-order valence-corrected chi connectivity index (χ2v) is 8.49. The number of fused-ring (bicyclic) bond motifs is 5. The van der Waals surface area contributed by atoms with Gasteiger partial charge in [-0.2, -0.15) is 0 Å². The Morgan fingerprint density at radius 3 is 2.70 bits per heavy atom. The van der Waals surface area contributed by atoms with Gasteiger partial charge in [0.05, 0.1) is 0 Å². The molecular weight excluding hydrogens is 286 g/mol. The van der Waals surface area contributed by atoms with Gasteiger partial charge in [0.15, 0.2) is 5.78 Å². The van der Waals surface area contributed by atoms with Crippen LogP contribution in [0.3, 0.4) is 0 Å². The fourth-order valence-electron chi connectivity index (χ4n) is 6.33. The lowest BCUT2D eigenvalue weighted by atomic mass is 9.47. The fraction of sp³-hybridized carbons (Fsp3) is 0.700. The van der Waals surface area contributed by atoms with E-state index in [2.05, 4.69) is 25.2 Å². The minimum Gasteiger partial charge on any atom is -0.313 e. The highest BCUT2D eigenvalue weighted by Crippen LogP contribution is 2.63. The third-order valence-corrected chi connectivity index (χ3v) is 7.66. The highest BCUT2D eigenvalue weighted by atomic mass is 16.1. The number of nitrogens with one attached hydrogen (secondary N) is 1. The van der Waals surface area contributed by atoms with Crippen molar-refractivity contribution in [2.24, 2.45) is 28.6 Å². The summed E-state index contributed by atoms with van der Waals surface area (Å²) in [5.41, 5.74) is 1.14. The molecule has 0 aromatic rings. The van der Waals surface area contributed by atoms with Gasteiger partial charge in [0.25, 0.3) is 0 Å². The van der Waals surface area contributed by atoms with E-state index in [9.17, 15) is 9.59 Å². The largest absolute Gasteiger partial charge is 0.313 e. The second kappa shape index (κ2) is 4.89. The van der Waals surface area contributed by atoms with Crippen LogP contribution in [0.1, 0.15) is 46.0 Å². The van der Waals surface area contributed by atoms with Crippen molar-refractivity contribution in [1.82, 2.24) is 5.32 Å². The quantitative estimate of drug-likeness (QED) is 0.809. The van der Waals surface area contributed by atoms with Crippen LogP contribution in [0.5, 0.6) is 0 Å². The van der Waals surface area contributed by atoms with Crippen molar-refractivity contribution in [2.45, 2.75) is 52.0 Å². The van der Waals surface area contributed by atoms with E-state index in [-0.39, 0.29) is 22.7 Å². The molecule has 0 aromatic carbocycles. The summed E-state index contributed by atoms with van der Waals surface area (Å²) in [5.74, 6) is 2.27. The molecule has 3 nitrogen and oxygen atoms in total. The number of Topliss-reactive ketones (excluding diaryl/α,β-unsaturated/α-hetero) is 1. The third-order valence-electron chi connectivity index (χ3n) is 7.66. The lowest BCUT2D eigenvalue weighted by molar-refractivity contribution is -0.131. The number of hydrogen-bond donors (Lipinski definition) is 1. The number of carbonyl (C=O) groups excluding carboxylic acids is 2. The van der Waals surface area contributed by atoms with Crippen LogP contribution < -0.4 is 5.32 Å². The Kier molecular flexibility index (Phi) is 3.26. The molecular formula is C20H27NO2. The number of allylic oxidation sites excluding steroid dienone is 3. The van der Waals surface area contributed by atoms with Gasteiger partial charge in [-0.1, -0.05) is 19.9 Å². The lowest BCUT2D eigenvalue weighted by Gasteiger charge is -2.57. The summed E-state index contributed by atoms with van der Waals surface area (Å²) in [7, 11) is 2.00. The van der Waals surface area contributed by atoms with Crippen LogP contribution in [-0.4, -0.2) is 24.7 Å². The average molecular weight is 313 g/mol. The van der Waals surface area contributed by atoms with Crippen molar-refractivity contribution >= 4 is 11.6 Å². The van der Waals surface area contributed by atoms with Crippen molar-refractivity contribution in [3.8, 4) is 0 Å². The van der Waals surface area contributed by atoms with Crippen LogP contribution in [0, 0.1) is 28.6 Å². The number of likely N-dealkylation sites (N-methyl/N-ethyl adjacent to an activating group) is 1. The average Bonchev–Trinajstić information content (AvgIpc) is 2.83. The molecule has 124 valence electrons. The molecule has 0 unspecified atom stereocenters. The summed E-state index contributed by atoms with van der Waals surface area (Å²) < 4.78 is 0. The fourth-order valence-corrected chi connectivity index (χ4v) is 6.33. The minimum atomic E-state index is -0.0920. The molecule has 23 heavy (non-hydrogen) atoms. The SMILES string of the molecule is CN[C@H]1C[C@@H]2[C@H](CC[C@]3(C)C(=O)CC[C@@H]23)[C@@]2(C)C=CC(=O)C=C12. The van der Waals surface area contributed by atoms with Gasteiger partial charge >= 0.3 is 0 Å². The van der Waals surface area contributed by atoms with E-state index < -0.39 is 0 Å². The highest BCUT2D eigenvalue weighted by Gasteiger charge is 2.59. The molecule has 3 saturated carbocycles. The van der Waals surface area contributed by atoms with Gasteiger partial charge in [0.2, 0.25) is 0 Å². The van der Waals surface area contributed by atoms with E-state index in [0.717, 1.165) is 32.1 Å². The van der Waals surface area contributed by atoms with Gasteiger partial charge in [-0.05, 0) is 68.2 Å². The molecule has 0 amide bonds. The molecule has 0 saturated heterocycles.